The number of ether oxygens (including phenoxy) is 3. The highest BCUT2D eigenvalue weighted by Crippen LogP contribution is 2.38. The van der Waals surface area contributed by atoms with Crippen LogP contribution in [0.4, 0.5) is 0 Å². The molecule has 2 rings (SSSR count). The van der Waals surface area contributed by atoms with Gasteiger partial charge in [-0.05, 0) is 18.2 Å². The van der Waals surface area contributed by atoms with E-state index >= 15 is 0 Å². The maximum Gasteiger partial charge on any atom is 0.189 e. The van der Waals surface area contributed by atoms with Crippen LogP contribution in [-0.4, -0.2) is 40.5 Å². The van der Waals surface area contributed by atoms with Gasteiger partial charge in [0.25, 0.3) is 0 Å². The van der Waals surface area contributed by atoms with Crippen molar-refractivity contribution in [2.45, 2.75) is 32.3 Å². The van der Waals surface area contributed by atoms with Gasteiger partial charge in [0.2, 0.25) is 0 Å². The maximum absolute atomic E-state index is 5.84. The summed E-state index contributed by atoms with van der Waals surface area (Å²) >= 11 is 3.55. The van der Waals surface area contributed by atoms with E-state index in [-0.39, 0.29) is 6.79 Å². The summed E-state index contributed by atoms with van der Waals surface area (Å²) in [6.45, 7) is 8.60. The predicted octanol–water partition coefficient (Wildman–Crippen LogP) is 4.53. The molecule has 0 amide bonds. The first-order valence-corrected chi connectivity index (χ1v) is 12.3. The quantitative estimate of drug-likeness (QED) is 0.382. The van der Waals surface area contributed by atoms with E-state index in [2.05, 4.69) is 41.6 Å². The lowest BCUT2D eigenvalue weighted by Gasteiger charge is -2.16. The van der Waals surface area contributed by atoms with Crippen LogP contribution in [0, 0.1) is 0 Å². The number of halogens is 1. The Morgan fingerprint density at radius 3 is 2.70 bits per heavy atom. The van der Waals surface area contributed by atoms with E-state index in [1.807, 2.05) is 31.3 Å². The van der Waals surface area contributed by atoms with Crippen LogP contribution >= 0.6 is 15.9 Å². The van der Waals surface area contributed by atoms with E-state index in [0.29, 0.717) is 6.61 Å². The van der Waals surface area contributed by atoms with Gasteiger partial charge in [-0.25, -0.2) is 0 Å². The fourth-order valence-electron chi connectivity index (χ4n) is 2.22. The van der Waals surface area contributed by atoms with Crippen molar-refractivity contribution in [1.82, 2.24) is 4.90 Å². The van der Waals surface area contributed by atoms with Crippen LogP contribution in [0.2, 0.25) is 25.7 Å². The van der Waals surface area contributed by atoms with E-state index in [4.69, 9.17) is 14.2 Å². The summed E-state index contributed by atoms with van der Waals surface area (Å²) in [7, 11) is 2.91. The Balaban J connectivity index is 2.01. The Morgan fingerprint density at radius 2 is 2.04 bits per heavy atom. The first-order chi connectivity index (χ1) is 10.8. The lowest BCUT2D eigenvalue weighted by atomic mass is 10.1. The number of hydrogen-bond donors (Lipinski definition) is 0. The second-order valence-corrected chi connectivity index (χ2v) is 13.7. The van der Waals surface area contributed by atoms with E-state index in [1.165, 1.54) is 0 Å². The third-order valence-electron chi connectivity index (χ3n) is 3.48. The molecule has 0 spiro atoms. The molecule has 6 heteroatoms. The molecular formula is C17H26BrNO3Si. The molecular weight excluding hydrogens is 374 g/mol. The summed E-state index contributed by atoms with van der Waals surface area (Å²) in [6.07, 6.45) is 1.98. The maximum atomic E-state index is 5.84. The van der Waals surface area contributed by atoms with Crippen molar-refractivity contribution in [1.29, 1.82) is 0 Å². The molecule has 0 saturated heterocycles. The first kappa shape index (κ1) is 18.4. The molecule has 1 aromatic rings. The second-order valence-electron chi connectivity index (χ2n) is 7.16. The highest BCUT2D eigenvalue weighted by atomic mass is 79.9. The fourth-order valence-corrected chi connectivity index (χ4v) is 3.41. The van der Waals surface area contributed by atoms with Crippen LogP contribution in [0.3, 0.4) is 0 Å². The average molecular weight is 400 g/mol. The van der Waals surface area contributed by atoms with Gasteiger partial charge in [0.05, 0.1) is 0 Å². The van der Waals surface area contributed by atoms with Crippen LogP contribution in [-0.2, 0) is 16.1 Å². The molecule has 1 aliphatic heterocycles. The Labute approximate surface area is 148 Å². The van der Waals surface area contributed by atoms with Crippen LogP contribution in [0.1, 0.15) is 11.1 Å². The zero-order valence-electron chi connectivity index (χ0n) is 14.6. The van der Waals surface area contributed by atoms with E-state index < -0.39 is 8.07 Å². The van der Waals surface area contributed by atoms with Gasteiger partial charge >= 0.3 is 0 Å². The summed E-state index contributed by atoms with van der Waals surface area (Å²) in [5, 5.41) is 0. The van der Waals surface area contributed by atoms with Gasteiger partial charge in [0, 0.05) is 50.6 Å². The normalized spacial score (nSPS) is 15.5. The van der Waals surface area contributed by atoms with E-state index in [9.17, 15) is 0 Å². The van der Waals surface area contributed by atoms with Crippen LogP contribution in [0.5, 0.6) is 5.75 Å². The highest BCUT2D eigenvalue weighted by Gasteiger charge is 2.23. The fraction of sp³-hybridized carbons (Fsp3) is 0.529. The molecule has 0 fully saturated rings. The zero-order chi connectivity index (χ0) is 17.0. The van der Waals surface area contributed by atoms with Crippen molar-refractivity contribution < 1.29 is 14.2 Å². The molecule has 4 nitrogen and oxygen atoms in total. The van der Waals surface area contributed by atoms with E-state index in [1.54, 1.807) is 0 Å². The minimum absolute atomic E-state index is 0.278. The monoisotopic (exact) mass is 399 g/mol. The molecule has 1 heterocycles. The molecule has 1 aromatic carbocycles. The predicted molar refractivity (Wildman–Crippen MR) is 100 cm³/mol. The Bertz CT molecular complexity index is 582. The van der Waals surface area contributed by atoms with Crippen molar-refractivity contribution in [2.75, 3.05) is 27.5 Å². The van der Waals surface area contributed by atoms with E-state index in [0.717, 1.165) is 39.8 Å². The zero-order valence-corrected chi connectivity index (χ0v) is 17.2. The molecule has 128 valence electrons. The lowest BCUT2D eigenvalue weighted by molar-refractivity contribution is 0.0211. The Morgan fingerprint density at radius 1 is 1.30 bits per heavy atom. The second kappa shape index (κ2) is 7.72. The van der Waals surface area contributed by atoms with Crippen LogP contribution in [0.15, 0.2) is 22.8 Å². The SMILES string of the molecule is CN(C)C=C1OCc2c(OCOCC[Si](C)(C)C)cc(Br)cc21. The Hall–Kier alpha value is -0.983. The minimum Gasteiger partial charge on any atom is -0.487 e. The van der Waals surface area contributed by atoms with Gasteiger partial charge in [-0.2, -0.15) is 0 Å². The number of rotatable bonds is 7. The van der Waals surface area contributed by atoms with Gasteiger partial charge in [-0.15, -0.1) is 0 Å². The van der Waals surface area contributed by atoms with Crippen molar-refractivity contribution in [2.24, 2.45) is 0 Å². The third kappa shape index (κ3) is 5.55. The van der Waals surface area contributed by atoms with Gasteiger partial charge in [-0.3, -0.25) is 0 Å². The highest BCUT2D eigenvalue weighted by molar-refractivity contribution is 9.10. The summed E-state index contributed by atoms with van der Waals surface area (Å²) < 4.78 is 18.2. The Kier molecular flexibility index (Phi) is 6.17. The van der Waals surface area contributed by atoms with Gasteiger partial charge in [-0.1, -0.05) is 35.6 Å². The topological polar surface area (TPSA) is 30.9 Å². The third-order valence-corrected chi connectivity index (χ3v) is 5.64. The van der Waals surface area contributed by atoms with Crippen LogP contribution in [0.25, 0.3) is 5.76 Å². The number of benzene rings is 1. The molecule has 0 bridgehead atoms. The number of hydrogen-bond acceptors (Lipinski definition) is 4. The molecule has 1 aliphatic rings. The van der Waals surface area contributed by atoms with Crippen molar-refractivity contribution in [3.05, 3.63) is 33.9 Å². The average Bonchev–Trinajstić information content (AvgIpc) is 2.79. The molecule has 0 atom stereocenters. The lowest BCUT2D eigenvalue weighted by Crippen LogP contribution is -2.22. The largest absolute Gasteiger partial charge is 0.487 e. The molecule has 0 aromatic heterocycles. The molecule has 0 unspecified atom stereocenters. The van der Waals surface area contributed by atoms with Crippen LogP contribution < -0.4 is 4.74 Å². The minimum atomic E-state index is -1.06. The molecule has 0 N–H and O–H groups in total. The standard InChI is InChI=1S/C17H26BrNO3Si/c1-19(2)10-17-14-8-13(18)9-16(15(14)11-21-17)22-12-20-6-7-23(3,4)5/h8-10H,6-7,11-12H2,1-5H3. The molecule has 0 saturated carbocycles. The van der Waals surface area contributed by atoms with Crippen molar-refractivity contribution in [3.8, 4) is 5.75 Å². The summed E-state index contributed by atoms with van der Waals surface area (Å²) in [5.74, 6) is 1.69. The number of fused-ring (bicyclic) bond motifs is 1. The first-order valence-electron chi connectivity index (χ1n) is 7.81. The molecule has 0 radical (unpaired) electrons. The summed E-state index contributed by atoms with van der Waals surface area (Å²) in [6, 6.07) is 5.19. The molecule has 23 heavy (non-hydrogen) atoms. The van der Waals surface area contributed by atoms with Crippen molar-refractivity contribution in [3.63, 3.8) is 0 Å². The van der Waals surface area contributed by atoms with Gasteiger partial charge in [0.15, 0.2) is 6.79 Å². The summed E-state index contributed by atoms with van der Waals surface area (Å²) in [4.78, 5) is 1.98. The smallest absolute Gasteiger partial charge is 0.189 e. The number of nitrogens with zero attached hydrogens (tertiary/aromatic N) is 1. The van der Waals surface area contributed by atoms with Gasteiger partial charge in [0.1, 0.15) is 18.1 Å². The van der Waals surface area contributed by atoms with Gasteiger partial charge < -0.3 is 19.1 Å². The molecule has 0 aliphatic carbocycles. The summed E-state index contributed by atoms with van der Waals surface area (Å²) in [5.41, 5.74) is 2.15. The van der Waals surface area contributed by atoms with Crippen molar-refractivity contribution >= 4 is 29.8 Å².